The lowest BCUT2D eigenvalue weighted by molar-refractivity contribution is -0.145. The molecule has 2 heterocycles. The summed E-state index contributed by atoms with van der Waals surface area (Å²) in [4.78, 5) is 55.5. The van der Waals surface area contributed by atoms with Crippen molar-refractivity contribution in [1.29, 1.82) is 0 Å². The molecule has 0 saturated heterocycles. The van der Waals surface area contributed by atoms with Gasteiger partial charge in [0.2, 0.25) is 0 Å². The van der Waals surface area contributed by atoms with E-state index in [4.69, 9.17) is 15.2 Å². The van der Waals surface area contributed by atoms with Gasteiger partial charge in [0.15, 0.2) is 17.8 Å². The number of amides is 1. The van der Waals surface area contributed by atoms with E-state index in [0.717, 1.165) is 12.8 Å². The van der Waals surface area contributed by atoms with Crippen molar-refractivity contribution >= 4 is 23.0 Å². The number of benzene rings is 1. The number of primary amides is 1. The van der Waals surface area contributed by atoms with Crippen LogP contribution in [-0.2, 0) is 40.4 Å². The molecule has 1 aromatic carbocycles. The molecule has 0 aliphatic rings. The summed E-state index contributed by atoms with van der Waals surface area (Å²) >= 11 is 0. The van der Waals surface area contributed by atoms with E-state index in [1.54, 1.807) is 28.8 Å². The van der Waals surface area contributed by atoms with Crippen molar-refractivity contribution in [1.82, 2.24) is 19.1 Å². The van der Waals surface area contributed by atoms with Crippen molar-refractivity contribution in [3.05, 3.63) is 56.5 Å². The third kappa shape index (κ3) is 6.83. The highest BCUT2D eigenvalue weighted by atomic mass is 16.5. The van der Waals surface area contributed by atoms with Gasteiger partial charge >= 0.3 is 11.7 Å². The van der Waals surface area contributed by atoms with Crippen molar-refractivity contribution in [3.63, 3.8) is 0 Å². The van der Waals surface area contributed by atoms with Gasteiger partial charge in [-0.05, 0) is 30.0 Å². The summed E-state index contributed by atoms with van der Waals surface area (Å²) in [6, 6.07) is 6.84. The molecule has 0 radical (unpaired) electrons. The predicted octanol–water partition coefficient (Wildman–Crippen LogP) is 1.88. The highest BCUT2D eigenvalue weighted by Crippen LogP contribution is 2.17. The standard InChI is InChI=1S/C25H33N5O6/c1-4-5-11-29-23-22(24(33)28-25(29)34)30(13-16(2)3)20(27-23)9-10-21(32)36-14-17-7-6-8-18(12-17)35-15-19(26)31/h6-8,12,16H,4-5,9-11,13-15H2,1-3H3,(H2,26,31)(H,28,33,34). The van der Waals surface area contributed by atoms with Crippen LogP contribution in [0.5, 0.6) is 5.75 Å². The van der Waals surface area contributed by atoms with Gasteiger partial charge in [-0.2, -0.15) is 0 Å². The first kappa shape index (κ1) is 26.7. The zero-order valence-electron chi connectivity index (χ0n) is 20.9. The van der Waals surface area contributed by atoms with Gasteiger partial charge in [-0.15, -0.1) is 0 Å². The Morgan fingerprint density at radius 3 is 2.67 bits per heavy atom. The molecule has 3 N–H and O–H groups in total. The molecular weight excluding hydrogens is 466 g/mol. The molecule has 3 aromatic rings. The first-order valence-electron chi connectivity index (χ1n) is 12.1. The fourth-order valence-electron chi connectivity index (χ4n) is 3.82. The van der Waals surface area contributed by atoms with Crippen LogP contribution in [0.3, 0.4) is 0 Å². The summed E-state index contributed by atoms with van der Waals surface area (Å²) < 4.78 is 14.0. The van der Waals surface area contributed by atoms with Crippen molar-refractivity contribution in [2.45, 2.75) is 66.2 Å². The molecule has 0 fully saturated rings. The van der Waals surface area contributed by atoms with Crippen LogP contribution in [0.1, 0.15) is 51.4 Å². The largest absolute Gasteiger partial charge is 0.484 e. The van der Waals surface area contributed by atoms with Crippen LogP contribution in [0.2, 0.25) is 0 Å². The number of esters is 1. The van der Waals surface area contributed by atoms with Gasteiger partial charge < -0.3 is 19.8 Å². The van der Waals surface area contributed by atoms with Gasteiger partial charge in [0, 0.05) is 19.5 Å². The van der Waals surface area contributed by atoms with Crippen LogP contribution in [0.25, 0.3) is 11.2 Å². The molecular formula is C25H33N5O6. The minimum absolute atomic E-state index is 0.0330. The number of rotatable bonds is 13. The molecule has 0 aliphatic carbocycles. The molecule has 0 aliphatic heterocycles. The van der Waals surface area contributed by atoms with Crippen LogP contribution in [0.15, 0.2) is 33.9 Å². The van der Waals surface area contributed by atoms with E-state index in [9.17, 15) is 19.2 Å². The molecule has 1 amide bonds. The number of fused-ring (bicyclic) bond motifs is 1. The van der Waals surface area contributed by atoms with Crippen molar-refractivity contribution in [2.75, 3.05) is 6.61 Å². The molecule has 11 nitrogen and oxygen atoms in total. The lowest BCUT2D eigenvalue weighted by Gasteiger charge is -2.11. The van der Waals surface area contributed by atoms with Gasteiger partial charge in [-0.3, -0.25) is 23.9 Å². The number of hydrogen-bond donors (Lipinski definition) is 2. The van der Waals surface area contributed by atoms with Gasteiger partial charge in [-0.1, -0.05) is 39.3 Å². The Morgan fingerprint density at radius 1 is 1.19 bits per heavy atom. The van der Waals surface area contributed by atoms with Gasteiger partial charge in [0.25, 0.3) is 11.5 Å². The predicted molar refractivity (Wildman–Crippen MR) is 134 cm³/mol. The Bertz CT molecular complexity index is 1340. The summed E-state index contributed by atoms with van der Waals surface area (Å²) in [7, 11) is 0. The molecule has 36 heavy (non-hydrogen) atoms. The monoisotopic (exact) mass is 499 g/mol. The average molecular weight is 500 g/mol. The molecule has 2 aromatic heterocycles. The number of imidazole rings is 1. The van der Waals surface area contributed by atoms with E-state index < -0.39 is 23.1 Å². The third-order valence-electron chi connectivity index (χ3n) is 5.48. The smallest absolute Gasteiger partial charge is 0.330 e. The van der Waals surface area contributed by atoms with Gasteiger partial charge in [0.05, 0.1) is 6.42 Å². The molecule has 194 valence electrons. The van der Waals surface area contributed by atoms with Crippen molar-refractivity contribution in [2.24, 2.45) is 11.7 Å². The Labute approximate surface area is 208 Å². The number of aromatic nitrogens is 4. The quantitative estimate of drug-likeness (QED) is 0.341. The first-order chi connectivity index (χ1) is 17.2. The summed E-state index contributed by atoms with van der Waals surface area (Å²) in [5.41, 5.74) is 5.51. The maximum absolute atomic E-state index is 12.7. The number of nitrogens with zero attached hydrogens (tertiary/aromatic N) is 3. The normalized spacial score (nSPS) is 11.2. The number of ether oxygens (including phenoxy) is 2. The van der Waals surface area contributed by atoms with Crippen molar-refractivity contribution in [3.8, 4) is 5.75 Å². The van der Waals surface area contributed by atoms with Crippen LogP contribution < -0.4 is 21.7 Å². The SMILES string of the molecule is CCCCn1c(=O)[nH]c(=O)c2c1nc(CCC(=O)OCc1cccc(OCC(N)=O)c1)n2CC(C)C. The van der Waals surface area contributed by atoms with Crippen LogP contribution in [0, 0.1) is 5.92 Å². The fraction of sp³-hybridized carbons (Fsp3) is 0.480. The summed E-state index contributed by atoms with van der Waals surface area (Å²) in [6.07, 6.45) is 1.97. The number of carbonyl (C=O) groups is 2. The molecule has 0 spiro atoms. The molecule has 3 rings (SSSR count). The summed E-state index contributed by atoms with van der Waals surface area (Å²) in [5.74, 6) is 0.203. The minimum Gasteiger partial charge on any atom is -0.484 e. The fourth-order valence-corrected chi connectivity index (χ4v) is 3.82. The number of carbonyl (C=O) groups excluding carboxylic acids is 2. The van der Waals surface area contributed by atoms with Gasteiger partial charge in [0.1, 0.15) is 18.2 Å². The van der Waals surface area contributed by atoms with E-state index in [0.29, 0.717) is 41.4 Å². The summed E-state index contributed by atoms with van der Waals surface area (Å²) in [6.45, 7) is 6.82. The first-order valence-corrected chi connectivity index (χ1v) is 12.1. The average Bonchev–Trinajstić information content (AvgIpc) is 3.18. The maximum Gasteiger partial charge on any atom is 0.330 e. The van der Waals surface area contributed by atoms with E-state index in [2.05, 4.69) is 9.97 Å². The van der Waals surface area contributed by atoms with Crippen LogP contribution in [-0.4, -0.2) is 37.6 Å². The molecule has 0 bridgehead atoms. The minimum atomic E-state index is -0.584. The topological polar surface area (TPSA) is 151 Å². The number of hydrogen-bond acceptors (Lipinski definition) is 7. The summed E-state index contributed by atoms with van der Waals surface area (Å²) in [5, 5.41) is 0. The number of aromatic amines is 1. The van der Waals surface area contributed by atoms with Crippen molar-refractivity contribution < 1.29 is 19.1 Å². The number of H-pyrrole nitrogens is 1. The number of aryl methyl sites for hydroxylation is 2. The maximum atomic E-state index is 12.7. The Hall–Kier alpha value is -3.89. The van der Waals surface area contributed by atoms with E-state index >= 15 is 0 Å². The lowest BCUT2D eigenvalue weighted by Crippen LogP contribution is -2.31. The van der Waals surface area contributed by atoms with E-state index in [1.165, 1.54) is 4.57 Å². The Morgan fingerprint density at radius 2 is 1.97 bits per heavy atom. The Balaban J connectivity index is 1.75. The lowest BCUT2D eigenvalue weighted by atomic mass is 10.2. The zero-order valence-corrected chi connectivity index (χ0v) is 20.9. The highest BCUT2D eigenvalue weighted by Gasteiger charge is 2.20. The van der Waals surface area contributed by atoms with E-state index in [1.807, 2.05) is 20.8 Å². The molecule has 0 atom stereocenters. The molecule has 0 unspecified atom stereocenters. The highest BCUT2D eigenvalue weighted by molar-refractivity contribution is 5.75. The molecule has 11 heteroatoms. The number of nitrogens with one attached hydrogen (secondary N) is 1. The van der Waals surface area contributed by atoms with Crippen LogP contribution in [0.4, 0.5) is 0 Å². The second kappa shape index (κ2) is 12.2. The number of unbranched alkanes of at least 4 members (excludes halogenated alkanes) is 1. The number of nitrogens with two attached hydrogens (primary N) is 1. The van der Waals surface area contributed by atoms with Crippen LogP contribution >= 0.6 is 0 Å². The van der Waals surface area contributed by atoms with E-state index in [-0.39, 0.29) is 32.0 Å². The second-order valence-electron chi connectivity index (χ2n) is 9.03. The Kier molecular flexibility index (Phi) is 9.04. The third-order valence-corrected chi connectivity index (χ3v) is 5.48. The second-order valence-corrected chi connectivity index (χ2v) is 9.03. The molecule has 0 saturated carbocycles. The zero-order chi connectivity index (χ0) is 26.2. The van der Waals surface area contributed by atoms with Gasteiger partial charge in [-0.25, -0.2) is 9.78 Å².